The summed E-state index contributed by atoms with van der Waals surface area (Å²) in [6.07, 6.45) is 21.0. The van der Waals surface area contributed by atoms with Crippen LogP contribution in [0.2, 0.25) is 0 Å². The topological polar surface area (TPSA) is 49.3 Å². The van der Waals surface area contributed by atoms with Crippen molar-refractivity contribution in [3.63, 3.8) is 0 Å². The Morgan fingerprint density at radius 3 is 1.62 bits per heavy atom. The Bertz CT molecular complexity index is 294. The summed E-state index contributed by atoms with van der Waals surface area (Å²) in [7, 11) is 0. The molecule has 0 aromatic heterocycles. The third kappa shape index (κ3) is 19.8. The highest BCUT2D eigenvalue weighted by Crippen LogP contribution is 2.12. The first-order valence-corrected chi connectivity index (χ1v) is 11.7. The van der Waals surface area contributed by atoms with Gasteiger partial charge in [-0.1, -0.05) is 110 Å². The molecule has 3 nitrogen and oxygen atoms in total. The van der Waals surface area contributed by atoms with Crippen molar-refractivity contribution in [3.8, 4) is 0 Å². The number of amides is 1. The van der Waals surface area contributed by atoms with E-state index in [1.165, 1.54) is 89.9 Å². The Morgan fingerprint density at radius 2 is 1.12 bits per heavy atom. The number of aliphatic hydroxyl groups is 1. The lowest BCUT2D eigenvalue weighted by atomic mass is 10.0. The van der Waals surface area contributed by atoms with Crippen molar-refractivity contribution in [3.05, 3.63) is 0 Å². The molecule has 0 saturated carbocycles. The molecule has 0 rings (SSSR count). The highest BCUT2D eigenvalue weighted by molar-refractivity contribution is 5.76. The Balaban J connectivity index is 3.31. The van der Waals surface area contributed by atoms with E-state index in [0.717, 1.165) is 25.8 Å². The van der Waals surface area contributed by atoms with Crippen LogP contribution in [0.1, 0.15) is 129 Å². The SMILES string of the molecule is CCCCCCCCCCCCC(O)CC(=O)NCCCCCCCC. The molecule has 0 aliphatic rings. The lowest BCUT2D eigenvalue weighted by molar-refractivity contribution is -0.123. The fourth-order valence-electron chi connectivity index (χ4n) is 3.39. The largest absolute Gasteiger partial charge is 0.393 e. The molecule has 2 N–H and O–H groups in total. The zero-order chi connectivity index (χ0) is 19.3. The van der Waals surface area contributed by atoms with Crippen LogP contribution in [-0.4, -0.2) is 23.7 Å². The van der Waals surface area contributed by atoms with Crippen molar-refractivity contribution in [2.75, 3.05) is 6.54 Å². The van der Waals surface area contributed by atoms with Crippen LogP contribution in [0, 0.1) is 0 Å². The van der Waals surface area contributed by atoms with Crippen molar-refractivity contribution in [2.45, 2.75) is 136 Å². The molecule has 26 heavy (non-hydrogen) atoms. The van der Waals surface area contributed by atoms with Crippen molar-refractivity contribution >= 4 is 5.91 Å². The van der Waals surface area contributed by atoms with Gasteiger partial charge in [0, 0.05) is 6.54 Å². The summed E-state index contributed by atoms with van der Waals surface area (Å²) >= 11 is 0. The van der Waals surface area contributed by atoms with Crippen molar-refractivity contribution in [1.82, 2.24) is 5.32 Å². The smallest absolute Gasteiger partial charge is 0.222 e. The molecule has 0 bridgehead atoms. The molecular formula is C23H47NO2. The van der Waals surface area contributed by atoms with E-state index in [2.05, 4.69) is 19.2 Å². The highest BCUT2D eigenvalue weighted by atomic mass is 16.3. The van der Waals surface area contributed by atoms with Crippen LogP contribution in [-0.2, 0) is 4.79 Å². The zero-order valence-electron chi connectivity index (χ0n) is 17.9. The summed E-state index contributed by atoms with van der Waals surface area (Å²) in [5.41, 5.74) is 0. The van der Waals surface area contributed by atoms with Gasteiger partial charge < -0.3 is 10.4 Å². The van der Waals surface area contributed by atoms with Crippen LogP contribution in [0.3, 0.4) is 0 Å². The minimum atomic E-state index is -0.464. The van der Waals surface area contributed by atoms with E-state index >= 15 is 0 Å². The van der Waals surface area contributed by atoms with Gasteiger partial charge >= 0.3 is 0 Å². The van der Waals surface area contributed by atoms with Gasteiger partial charge in [-0.15, -0.1) is 0 Å². The predicted molar refractivity (Wildman–Crippen MR) is 113 cm³/mol. The maximum Gasteiger partial charge on any atom is 0.222 e. The molecule has 0 aliphatic heterocycles. The van der Waals surface area contributed by atoms with Gasteiger partial charge in [0.05, 0.1) is 12.5 Å². The Labute approximate surface area is 163 Å². The van der Waals surface area contributed by atoms with Crippen molar-refractivity contribution in [1.29, 1.82) is 0 Å². The number of hydrogen-bond acceptors (Lipinski definition) is 2. The molecule has 0 radical (unpaired) electrons. The third-order valence-corrected chi connectivity index (χ3v) is 5.16. The Hall–Kier alpha value is -0.570. The van der Waals surface area contributed by atoms with Gasteiger partial charge in [0.2, 0.25) is 5.91 Å². The number of hydrogen-bond donors (Lipinski definition) is 2. The number of unbranched alkanes of at least 4 members (excludes halogenated alkanes) is 14. The molecule has 1 amide bonds. The second-order valence-electron chi connectivity index (χ2n) is 7.95. The van der Waals surface area contributed by atoms with Gasteiger partial charge in [0.25, 0.3) is 0 Å². The van der Waals surface area contributed by atoms with Crippen molar-refractivity contribution < 1.29 is 9.90 Å². The lowest BCUT2D eigenvalue weighted by Gasteiger charge is -2.11. The summed E-state index contributed by atoms with van der Waals surface area (Å²) in [5.74, 6) is 0.0122. The standard InChI is InChI=1S/C23H47NO2/c1-3-5-7-9-11-12-13-14-15-17-19-22(25)21-23(26)24-20-18-16-10-8-6-4-2/h22,25H,3-21H2,1-2H3,(H,24,26). The third-order valence-electron chi connectivity index (χ3n) is 5.16. The van der Waals surface area contributed by atoms with Crippen LogP contribution >= 0.6 is 0 Å². The Kier molecular flexibility index (Phi) is 20.3. The number of carbonyl (C=O) groups excluding carboxylic acids is 1. The normalized spacial score (nSPS) is 12.3. The van der Waals surface area contributed by atoms with Gasteiger partial charge in [0.15, 0.2) is 0 Å². The first-order chi connectivity index (χ1) is 12.7. The molecule has 1 atom stereocenters. The molecule has 0 spiro atoms. The van der Waals surface area contributed by atoms with E-state index in [1.54, 1.807) is 0 Å². The molecule has 0 aromatic carbocycles. The predicted octanol–water partition coefficient (Wildman–Crippen LogP) is 6.53. The van der Waals surface area contributed by atoms with Gasteiger partial charge in [-0.05, 0) is 12.8 Å². The van der Waals surface area contributed by atoms with Crippen LogP contribution in [0.4, 0.5) is 0 Å². The lowest BCUT2D eigenvalue weighted by Crippen LogP contribution is -2.28. The molecule has 0 saturated heterocycles. The average Bonchev–Trinajstić information content (AvgIpc) is 2.62. The van der Waals surface area contributed by atoms with E-state index < -0.39 is 6.10 Å². The quantitative estimate of drug-likeness (QED) is 0.240. The van der Waals surface area contributed by atoms with Crippen LogP contribution in [0.25, 0.3) is 0 Å². The van der Waals surface area contributed by atoms with Crippen molar-refractivity contribution in [2.24, 2.45) is 0 Å². The van der Waals surface area contributed by atoms with Gasteiger partial charge in [0.1, 0.15) is 0 Å². The van der Waals surface area contributed by atoms with E-state index in [4.69, 9.17) is 0 Å². The second kappa shape index (κ2) is 20.7. The fourth-order valence-corrected chi connectivity index (χ4v) is 3.39. The minimum Gasteiger partial charge on any atom is -0.393 e. The maximum absolute atomic E-state index is 11.8. The second-order valence-corrected chi connectivity index (χ2v) is 7.95. The maximum atomic E-state index is 11.8. The molecule has 0 fully saturated rings. The minimum absolute atomic E-state index is 0.0122. The van der Waals surface area contributed by atoms with E-state index in [-0.39, 0.29) is 12.3 Å². The molecule has 156 valence electrons. The monoisotopic (exact) mass is 369 g/mol. The number of rotatable bonds is 20. The summed E-state index contributed by atoms with van der Waals surface area (Å²) in [5, 5.41) is 12.9. The summed E-state index contributed by atoms with van der Waals surface area (Å²) in [4.78, 5) is 11.8. The molecule has 0 heterocycles. The van der Waals surface area contributed by atoms with Crippen LogP contribution in [0.5, 0.6) is 0 Å². The summed E-state index contributed by atoms with van der Waals surface area (Å²) < 4.78 is 0. The summed E-state index contributed by atoms with van der Waals surface area (Å²) in [6.45, 7) is 5.24. The van der Waals surface area contributed by atoms with Crippen LogP contribution in [0.15, 0.2) is 0 Å². The first kappa shape index (κ1) is 25.4. The number of aliphatic hydroxyl groups excluding tert-OH is 1. The highest BCUT2D eigenvalue weighted by Gasteiger charge is 2.09. The molecular weight excluding hydrogens is 322 g/mol. The van der Waals surface area contributed by atoms with E-state index in [9.17, 15) is 9.90 Å². The fraction of sp³-hybridized carbons (Fsp3) is 0.957. The van der Waals surface area contributed by atoms with Gasteiger partial charge in [-0.3, -0.25) is 4.79 Å². The number of carbonyl (C=O) groups is 1. The average molecular weight is 370 g/mol. The van der Waals surface area contributed by atoms with E-state index in [0.29, 0.717) is 0 Å². The summed E-state index contributed by atoms with van der Waals surface area (Å²) in [6, 6.07) is 0. The zero-order valence-corrected chi connectivity index (χ0v) is 17.9. The number of nitrogens with one attached hydrogen (secondary N) is 1. The molecule has 0 aromatic rings. The van der Waals surface area contributed by atoms with Crippen LogP contribution < -0.4 is 5.32 Å². The van der Waals surface area contributed by atoms with E-state index in [1.807, 2.05) is 0 Å². The van der Waals surface area contributed by atoms with Gasteiger partial charge in [-0.25, -0.2) is 0 Å². The first-order valence-electron chi connectivity index (χ1n) is 11.7. The molecule has 0 aliphatic carbocycles. The molecule has 3 heteroatoms. The Morgan fingerprint density at radius 1 is 0.692 bits per heavy atom. The molecule has 1 unspecified atom stereocenters. The van der Waals surface area contributed by atoms with Gasteiger partial charge in [-0.2, -0.15) is 0 Å².